The molecule has 2 heteroatoms. The molecule has 0 spiro atoms. The number of rotatable bonds is 7. The van der Waals surface area contributed by atoms with Crippen molar-refractivity contribution < 1.29 is 5.11 Å². The monoisotopic (exact) mass is 159 g/mol. The Kier molecular flexibility index (Phi) is 7.96. The van der Waals surface area contributed by atoms with Gasteiger partial charge in [-0.3, -0.25) is 5.32 Å². The van der Waals surface area contributed by atoms with E-state index in [1.807, 2.05) is 0 Å². The molecule has 0 fully saturated rings. The Hall–Kier alpha value is -0.0800. The van der Waals surface area contributed by atoms with Crippen LogP contribution in [0.4, 0.5) is 0 Å². The predicted octanol–water partition coefficient (Wildman–Crippen LogP) is 1.88. The van der Waals surface area contributed by atoms with Crippen LogP contribution in [0.25, 0.3) is 0 Å². The van der Waals surface area contributed by atoms with E-state index in [4.69, 9.17) is 0 Å². The molecule has 0 amide bonds. The topological polar surface area (TPSA) is 32.3 Å². The molecule has 0 rings (SSSR count). The highest BCUT2D eigenvalue weighted by Gasteiger charge is 1.99. The summed E-state index contributed by atoms with van der Waals surface area (Å²) in [6.07, 6.45) is 5.29. The Morgan fingerprint density at radius 3 is 2.45 bits per heavy atom. The fourth-order valence-corrected chi connectivity index (χ4v) is 1.00. The number of aliphatic hydroxyl groups is 1. The highest BCUT2D eigenvalue weighted by atomic mass is 16.3. The number of nitrogens with one attached hydrogen (secondary N) is 1. The SMILES string of the molecule is CCCCCC(O)NCCC. The molecule has 11 heavy (non-hydrogen) atoms. The van der Waals surface area contributed by atoms with E-state index in [9.17, 15) is 5.11 Å². The van der Waals surface area contributed by atoms with Gasteiger partial charge >= 0.3 is 0 Å². The normalized spacial score (nSPS) is 13.4. The van der Waals surface area contributed by atoms with E-state index in [0.29, 0.717) is 0 Å². The molecule has 1 unspecified atom stereocenters. The number of unbranched alkanes of at least 4 members (excludes halogenated alkanes) is 2. The fraction of sp³-hybridized carbons (Fsp3) is 1.00. The molecule has 0 saturated heterocycles. The van der Waals surface area contributed by atoms with Crippen LogP contribution in [0.3, 0.4) is 0 Å². The van der Waals surface area contributed by atoms with Gasteiger partial charge in [-0.2, -0.15) is 0 Å². The maximum Gasteiger partial charge on any atom is 0.104 e. The first-order valence-corrected chi connectivity index (χ1v) is 4.72. The Morgan fingerprint density at radius 1 is 1.18 bits per heavy atom. The predicted molar refractivity (Wildman–Crippen MR) is 48.4 cm³/mol. The Bertz CT molecular complexity index is 76.0. The van der Waals surface area contributed by atoms with Gasteiger partial charge in [-0.25, -0.2) is 0 Å². The van der Waals surface area contributed by atoms with E-state index in [0.717, 1.165) is 25.8 Å². The summed E-state index contributed by atoms with van der Waals surface area (Å²) < 4.78 is 0. The van der Waals surface area contributed by atoms with Crippen molar-refractivity contribution in [2.45, 2.75) is 52.2 Å². The summed E-state index contributed by atoms with van der Waals surface area (Å²) in [7, 11) is 0. The van der Waals surface area contributed by atoms with Crippen LogP contribution in [0.15, 0.2) is 0 Å². The lowest BCUT2D eigenvalue weighted by atomic mass is 10.2. The van der Waals surface area contributed by atoms with Crippen molar-refractivity contribution in [1.29, 1.82) is 0 Å². The molecular formula is C9H21NO. The molecule has 68 valence electrons. The maximum atomic E-state index is 9.30. The Balaban J connectivity index is 3.02. The van der Waals surface area contributed by atoms with Crippen LogP contribution in [0.2, 0.25) is 0 Å². The molecule has 0 aliphatic heterocycles. The molecule has 0 aliphatic rings. The van der Waals surface area contributed by atoms with E-state index in [1.165, 1.54) is 12.8 Å². The van der Waals surface area contributed by atoms with Gasteiger partial charge < -0.3 is 5.11 Å². The lowest BCUT2D eigenvalue weighted by Crippen LogP contribution is -2.29. The van der Waals surface area contributed by atoms with Crippen molar-refractivity contribution in [3.63, 3.8) is 0 Å². The molecule has 0 bridgehead atoms. The highest BCUT2D eigenvalue weighted by Crippen LogP contribution is 2.00. The van der Waals surface area contributed by atoms with Gasteiger partial charge in [0.2, 0.25) is 0 Å². The van der Waals surface area contributed by atoms with Crippen molar-refractivity contribution in [3.05, 3.63) is 0 Å². The second kappa shape index (κ2) is 8.02. The minimum absolute atomic E-state index is 0.276. The zero-order chi connectivity index (χ0) is 8.53. The molecule has 0 saturated carbocycles. The molecule has 2 N–H and O–H groups in total. The summed E-state index contributed by atoms with van der Waals surface area (Å²) in [5.74, 6) is 0. The quantitative estimate of drug-likeness (QED) is 0.439. The van der Waals surface area contributed by atoms with Crippen LogP contribution in [0.5, 0.6) is 0 Å². The van der Waals surface area contributed by atoms with Gasteiger partial charge in [0.1, 0.15) is 6.23 Å². The molecule has 0 aromatic rings. The van der Waals surface area contributed by atoms with Crippen LogP contribution < -0.4 is 5.32 Å². The third kappa shape index (κ3) is 7.82. The molecule has 0 radical (unpaired) electrons. The third-order valence-electron chi connectivity index (χ3n) is 1.71. The Labute approximate surface area is 70.0 Å². The van der Waals surface area contributed by atoms with Crippen LogP contribution in [0.1, 0.15) is 46.0 Å². The summed E-state index contributed by atoms with van der Waals surface area (Å²) >= 11 is 0. The summed E-state index contributed by atoms with van der Waals surface area (Å²) in [5, 5.41) is 12.3. The highest BCUT2D eigenvalue weighted by molar-refractivity contribution is 4.52. The average molecular weight is 159 g/mol. The zero-order valence-electron chi connectivity index (χ0n) is 7.77. The molecule has 0 heterocycles. The van der Waals surface area contributed by atoms with E-state index in [1.54, 1.807) is 0 Å². The van der Waals surface area contributed by atoms with Crippen molar-refractivity contribution in [1.82, 2.24) is 5.32 Å². The second-order valence-corrected chi connectivity index (χ2v) is 2.97. The molecule has 0 aliphatic carbocycles. The fourth-order valence-electron chi connectivity index (χ4n) is 1.00. The van der Waals surface area contributed by atoms with Gasteiger partial charge in [-0.1, -0.05) is 26.7 Å². The second-order valence-electron chi connectivity index (χ2n) is 2.97. The van der Waals surface area contributed by atoms with Crippen LogP contribution in [-0.2, 0) is 0 Å². The van der Waals surface area contributed by atoms with Crippen LogP contribution in [-0.4, -0.2) is 17.9 Å². The average Bonchev–Trinajstić information content (AvgIpc) is 2.01. The first-order chi connectivity index (χ1) is 5.31. The molecule has 0 aromatic heterocycles. The summed E-state index contributed by atoms with van der Waals surface area (Å²) in [6.45, 7) is 5.20. The van der Waals surface area contributed by atoms with Crippen molar-refractivity contribution in [2.75, 3.05) is 6.54 Å². The smallest absolute Gasteiger partial charge is 0.104 e. The summed E-state index contributed by atoms with van der Waals surface area (Å²) in [5.41, 5.74) is 0. The van der Waals surface area contributed by atoms with Crippen LogP contribution >= 0.6 is 0 Å². The number of aliphatic hydroxyl groups excluding tert-OH is 1. The lowest BCUT2D eigenvalue weighted by molar-refractivity contribution is 0.125. The van der Waals surface area contributed by atoms with Crippen molar-refractivity contribution in [3.8, 4) is 0 Å². The maximum absolute atomic E-state index is 9.30. The van der Waals surface area contributed by atoms with Gasteiger partial charge in [0.05, 0.1) is 0 Å². The van der Waals surface area contributed by atoms with E-state index in [-0.39, 0.29) is 6.23 Å². The van der Waals surface area contributed by atoms with Gasteiger partial charge in [0.25, 0.3) is 0 Å². The van der Waals surface area contributed by atoms with Gasteiger partial charge in [0, 0.05) is 0 Å². The standard InChI is InChI=1S/C9H21NO/c1-3-5-6-7-9(11)10-8-4-2/h9-11H,3-8H2,1-2H3. The largest absolute Gasteiger partial charge is 0.379 e. The molecule has 0 aromatic carbocycles. The number of hydrogen-bond donors (Lipinski definition) is 2. The molecule has 2 nitrogen and oxygen atoms in total. The summed E-state index contributed by atoms with van der Waals surface area (Å²) in [6, 6.07) is 0. The van der Waals surface area contributed by atoms with E-state index in [2.05, 4.69) is 19.2 Å². The van der Waals surface area contributed by atoms with E-state index >= 15 is 0 Å². The molecule has 1 atom stereocenters. The van der Waals surface area contributed by atoms with Crippen LogP contribution in [0, 0.1) is 0 Å². The van der Waals surface area contributed by atoms with Crippen molar-refractivity contribution in [2.24, 2.45) is 0 Å². The minimum Gasteiger partial charge on any atom is -0.379 e. The first-order valence-electron chi connectivity index (χ1n) is 4.72. The van der Waals surface area contributed by atoms with E-state index < -0.39 is 0 Å². The minimum atomic E-state index is -0.276. The first kappa shape index (κ1) is 10.9. The lowest BCUT2D eigenvalue weighted by Gasteiger charge is -2.10. The van der Waals surface area contributed by atoms with Crippen molar-refractivity contribution >= 4 is 0 Å². The molecular weight excluding hydrogens is 138 g/mol. The summed E-state index contributed by atoms with van der Waals surface area (Å²) in [4.78, 5) is 0. The van der Waals surface area contributed by atoms with Gasteiger partial charge in [-0.15, -0.1) is 0 Å². The van der Waals surface area contributed by atoms with Gasteiger partial charge in [0.15, 0.2) is 0 Å². The van der Waals surface area contributed by atoms with Gasteiger partial charge in [-0.05, 0) is 25.8 Å². The Morgan fingerprint density at radius 2 is 1.91 bits per heavy atom. The zero-order valence-corrected chi connectivity index (χ0v) is 7.77. The third-order valence-corrected chi connectivity index (χ3v) is 1.71. The number of hydrogen-bond acceptors (Lipinski definition) is 2.